The molecule has 1 atom stereocenters. The molecule has 26 heavy (non-hydrogen) atoms. The standard InChI is InChI=1S/C22H27NO3/c1-6-25-19-10-8-16(12-15(19)3)21(24)23-18-13-22(4,5)26-20-11-14(2)7-9-17(18)20/h7-12,18H,6,13H2,1-5H3,(H,23,24). The van der Waals surface area contributed by atoms with Gasteiger partial charge in [-0.15, -0.1) is 0 Å². The van der Waals surface area contributed by atoms with Gasteiger partial charge in [0.05, 0.1) is 12.6 Å². The topological polar surface area (TPSA) is 47.6 Å². The highest BCUT2D eigenvalue weighted by Crippen LogP contribution is 2.40. The van der Waals surface area contributed by atoms with E-state index in [1.807, 2.05) is 51.1 Å². The maximum Gasteiger partial charge on any atom is 0.251 e. The van der Waals surface area contributed by atoms with Gasteiger partial charge < -0.3 is 14.8 Å². The van der Waals surface area contributed by atoms with Crippen LogP contribution < -0.4 is 14.8 Å². The maximum atomic E-state index is 12.8. The van der Waals surface area contributed by atoms with Crippen molar-refractivity contribution in [2.45, 2.75) is 52.7 Å². The Morgan fingerprint density at radius 1 is 1.23 bits per heavy atom. The summed E-state index contributed by atoms with van der Waals surface area (Å²) in [6.45, 7) is 10.7. The van der Waals surface area contributed by atoms with Crippen molar-refractivity contribution >= 4 is 5.91 Å². The van der Waals surface area contributed by atoms with Crippen LogP contribution in [0.25, 0.3) is 0 Å². The summed E-state index contributed by atoms with van der Waals surface area (Å²) < 4.78 is 11.7. The van der Waals surface area contributed by atoms with E-state index < -0.39 is 0 Å². The fraction of sp³-hybridized carbons (Fsp3) is 0.409. The first-order chi connectivity index (χ1) is 12.3. The normalized spacial score (nSPS) is 17.8. The first-order valence-corrected chi connectivity index (χ1v) is 9.13. The highest BCUT2D eigenvalue weighted by molar-refractivity contribution is 5.95. The largest absolute Gasteiger partial charge is 0.494 e. The lowest BCUT2D eigenvalue weighted by Gasteiger charge is -2.38. The molecule has 3 rings (SSSR count). The number of benzene rings is 2. The van der Waals surface area contributed by atoms with Crippen LogP contribution in [-0.2, 0) is 0 Å². The summed E-state index contributed by atoms with van der Waals surface area (Å²) in [5, 5.41) is 3.19. The lowest BCUT2D eigenvalue weighted by molar-refractivity contribution is 0.0619. The minimum atomic E-state index is -0.326. The van der Waals surface area contributed by atoms with E-state index in [1.54, 1.807) is 0 Å². The minimum absolute atomic E-state index is 0.0753. The smallest absolute Gasteiger partial charge is 0.251 e. The third-order valence-electron chi connectivity index (χ3n) is 4.67. The van der Waals surface area contributed by atoms with E-state index >= 15 is 0 Å². The van der Waals surface area contributed by atoms with E-state index in [0.717, 1.165) is 34.6 Å². The van der Waals surface area contributed by atoms with Gasteiger partial charge in [-0.2, -0.15) is 0 Å². The molecule has 1 aliphatic rings. The zero-order valence-electron chi connectivity index (χ0n) is 16.2. The monoisotopic (exact) mass is 353 g/mol. The zero-order valence-corrected chi connectivity index (χ0v) is 16.2. The van der Waals surface area contributed by atoms with Crippen molar-refractivity contribution in [1.29, 1.82) is 0 Å². The van der Waals surface area contributed by atoms with Crippen LogP contribution in [0.3, 0.4) is 0 Å². The summed E-state index contributed by atoms with van der Waals surface area (Å²) in [6, 6.07) is 11.6. The lowest BCUT2D eigenvalue weighted by atomic mass is 9.89. The zero-order chi connectivity index (χ0) is 18.9. The lowest BCUT2D eigenvalue weighted by Crippen LogP contribution is -2.41. The number of aryl methyl sites for hydroxylation is 2. The van der Waals surface area contributed by atoms with E-state index in [1.165, 1.54) is 0 Å². The molecule has 4 nitrogen and oxygen atoms in total. The molecule has 0 aromatic heterocycles. The highest BCUT2D eigenvalue weighted by atomic mass is 16.5. The molecule has 138 valence electrons. The van der Waals surface area contributed by atoms with E-state index in [2.05, 4.69) is 25.2 Å². The summed E-state index contributed by atoms with van der Waals surface area (Å²) in [5.41, 5.74) is 3.46. The molecule has 0 spiro atoms. The van der Waals surface area contributed by atoms with Crippen molar-refractivity contribution < 1.29 is 14.3 Å². The molecule has 4 heteroatoms. The molecular formula is C22H27NO3. The van der Waals surface area contributed by atoms with Crippen molar-refractivity contribution in [2.75, 3.05) is 6.61 Å². The number of amides is 1. The second-order valence-corrected chi connectivity index (χ2v) is 7.55. The summed E-state index contributed by atoms with van der Waals surface area (Å²) in [7, 11) is 0. The Morgan fingerprint density at radius 2 is 2.00 bits per heavy atom. The van der Waals surface area contributed by atoms with Gasteiger partial charge in [-0.25, -0.2) is 0 Å². The fourth-order valence-corrected chi connectivity index (χ4v) is 3.44. The van der Waals surface area contributed by atoms with Gasteiger partial charge in [0.1, 0.15) is 17.1 Å². The Morgan fingerprint density at radius 3 is 2.69 bits per heavy atom. The van der Waals surface area contributed by atoms with Crippen LogP contribution in [0.2, 0.25) is 0 Å². The van der Waals surface area contributed by atoms with Crippen molar-refractivity contribution in [1.82, 2.24) is 5.32 Å². The van der Waals surface area contributed by atoms with Gasteiger partial charge >= 0.3 is 0 Å². The molecule has 1 aliphatic heterocycles. The number of hydrogen-bond acceptors (Lipinski definition) is 3. The van der Waals surface area contributed by atoms with Gasteiger partial charge in [0.15, 0.2) is 0 Å². The van der Waals surface area contributed by atoms with Crippen LogP contribution in [0.5, 0.6) is 11.5 Å². The predicted octanol–water partition coefficient (Wildman–Crippen LogP) is 4.73. The van der Waals surface area contributed by atoms with E-state index in [0.29, 0.717) is 12.2 Å². The molecule has 1 heterocycles. The van der Waals surface area contributed by atoms with Crippen LogP contribution in [0.4, 0.5) is 0 Å². The molecule has 1 N–H and O–H groups in total. The van der Waals surface area contributed by atoms with Crippen molar-refractivity contribution in [3.8, 4) is 11.5 Å². The Bertz CT molecular complexity index is 826. The Kier molecular flexibility index (Phi) is 4.94. The second-order valence-electron chi connectivity index (χ2n) is 7.55. The molecule has 2 aromatic rings. The molecule has 1 amide bonds. The number of rotatable bonds is 4. The number of fused-ring (bicyclic) bond motifs is 1. The first-order valence-electron chi connectivity index (χ1n) is 9.13. The Balaban J connectivity index is 1.84. The van der Waals surface area contributed by atoms with Gasteiger partial charge in [-0.3, -0.25) is 4.79 Å². The molecule has 0 saturated carbocycles. The Hall–Kier alpha value is -2.49. The molecule has 2 aromatic carbocycles. The highest BCUT2D eigenvalue weighted by Gasteiger charge is 2.34. The average molecular weight is 353 g/mol. The predicted molar refractivity (Wildman–Crippen MR) is 103 cm³/mol. The van der Waals surface area contributed by atoms with E-state index in [4.69, 9.17) is 9.47 Å². The third kappa shape index (κ3) is 3.85. The van der Waals surface area contributed by atoms with Crippen LogP contribution in [0.15, 0.2) is 36.4 Å². The minimum Gasteiger partial charge on any atom is -0.494 e. The average Bonchev–Trinajstić information content (AvgIpc) is 2.55. The summed E-state index contributed by atoms with van der Waals surface area (Å²) in [5.74, 6) is 1.59. The molecule has 1 unspecified atom stereocenters. The van der Waals surface area contributed by atoms with Gasteiger partial charge in [-0.1, -0.05) is 12.1 Å². The van der Waals surface area contributed by atoms with Gasteiger partial charge in [-0.05, 0) is 70.0 Å². The molecule has 0 saturated heterocycles. The number of ether oxygens (including phenoxy) is 2. The molecule has 0 bridgehead atoms. The van der Waals surface area contributed by atoms with E-state index in [9.17, 15) is 4.79 Å². The first kappa shape index (κ1) is 18.3. The van der Waals surface area contributed by atoms with Crippen molar-refractivity contribution in [3.63, 3.8) is 0 Å². The maximum absolute atomic E-state index is 12.8. The van der Waals surface area contributed by atoms with Crippen LogP contribution >= 0.6 is 0 Å². The fourth-order valence-electron chi connectivity index (χ4n) is 3.44. The number of hydrogen-bond donors (Lipinski definition) is 1. The van der Waals surface area contributed by atoms with Crippen LogP contribution in [-0.4, -0.2) is 18.1 Å². The quantitative estimate of drug-likeness (QED) is 0.864. The van der Waals surface area contributed by atoms with E-state index in [-0.39, 0.29) is 17.6 Å². The summed E-state index contributed by atoms with van der Waals surface area (Å²) in [4.78, 5) is 12.8. The second kappa shape index (κ2) is 7.02. The Labute approximate surface area is 155 Å². The van der Waals surface area contributed by atoms with Crippen LogP contribution in [0, 0.1) is 13.8 Å². The summed E-state index contributed by atoms with van der Waals surface area (Å²) >= 11 is 0. The van der Waals surface area contributed by atoms with Crippen molar-refractivity contribution in [2.24, 2.45) is 0 Å². The number of carbonyl (C=O) groups excluding carboxylic acids is 1. The van der Waals surface area contributed by atoms with Crippen molar-refractivity contribution in [3.05, 3.63) is 58.7 Å². The van der Waals surface area contributed by atoms with Gasteiger partial charge in [0.2, 0.25) is 0 Å². The number of nitrogens with one attached hydrogen (secondary N) is 1. The molecule has 0 fully saturated rings. The third-order valence-corrected chi connectivity index (χ3v) is 4.67. The van der Waals surface area contributed by atoms with Crippen LogP contribution in [0.1, 0.15) is 60.3 Å². The summed E-state index contributed by atoms with van der Waals surface area (Å²) in [6.07, 6.45) is 0.727. The number of carbonyl (C=O) groups is 1. The molecule has 0 radical (unpaired) electrons. The molecule has 0 aliphatic carbocycles. The van der Waals surface area contributed by atoms with Gasteiger partial charge in [0.25, 0.3) is 5.91 Å². The molecular weight excluding hydrogens is 326 g/mol. The SMILES string of the molecule is CCOc1ccc(C(=O)NC2CC(C)(C)Oc3cc(C)ccc32)cc1C. The van der Waals surface area contributed by atoms with Gasteiger partial charge in [0, 0.05) is 17.5 Å².